The Bertz CT molecular complexity index is 1060. The van der Waals surface area contributed by atoms with E-state index in [-0.39, 0.29) is 18.4 Å². The zero-order valence-electron chi connectivity index (χ0n) is 15.0. The highest BCUT2D eigenvalue weighted by Crippen LogP contribution is 2.19. The number of nitrogens with one attached hydrogen (secondary N) is 1. The summed E-state index contributed by atoms with van der Waals surface area (Å²) < 4.78 is 1.92. The lowest BCUT2D eigenvalue weighted by atomic mass is 10.1. The highest BCUT2D eigenvalue weighted by atomic mass is 32.1. The smallest absolute Gasteiger partial charge is 0.226 e. The third-order valence-corrected chi connectivity index (χ3v) is 5.06. The molecule has 0 unspecified atom stereocenters. The van der Waals surface area contributed by atoms with E-state index in [4.69, 9.17) is 0 Å². The highest BCUT2D eigenvalue weighted by Gasteiger charge is 2.16. The number of amides is 1. The van der Waals surface area contributed by atoms with Crippen LogP contribution in [0, 0.1) is 6.92 Å². The quantitative estimate of drug-likeness (QED) is 0.577. The van der Waals surface area contributed by atoms with Gasteiger partial charge in [0.05, 0.1) is 18.2 Å². The molecular weight excluding hydrogens is 360 g/mol. The fourth-order valence-electron chi connectivity index (χ4n) is 2.94. The van der Waals surface area contributed by atoms with Gasteiger partial charge in [-0.3, -0.25) is 14.2 Å². The monoisotopic (exact) mass is 378 g/mol. The van der Waals surface area contributed by atoms with Crippen LogP contribution in [0.4, 0.5) is 0 Å². The van der Waals surface area contributed by atoms with Crippen LogP contribution >= 0.6 is 11.3 Å². The number of pyridine rings is 1. The lowest BCUT2D eigenvalue weighted by molar-refractivity contribution is -0.121. The summed E-state index contributed by atoms with van der Waals surface area (Å²) in [5.41, 5.74) is 3.41. The van der Waals surface area contributed by atoms with Gasteiger partial charge in [0.1, 0.15) is 0 Å². The third-order valence-electron chi connectivity index (χ3n) is 4.28. The van der Waals surface area contributed by atoms with Gasteiger partial charge >= 0.3 is 0 Å². The number of fused-ring (bicyclic) bond motifs is 1. The number of hydrogen-bond acceptors (Lipinski definition) is 6. The van der Waals surface area contributed by atoms with E-state index in [1.807, 2.05) is 48.2 Å². The van der Waals surface area contributed by atoms with Crippen molar-refractivity contribution in [1.82, 2.24) is 29.7 Å². The molecule has 27 heavy (non-hydrogen) atoms. The van der Waals surface area contributed by atoms with Crippen molar-refractivity contribution in [2.45, 2.75) is 26.3 Å². The van der Waals surface area contributed by atoms with Crippen molar-refractivity contribution in [2.75, 3.05) is 0 Å². The van der Waals surface area contributed by atoms with E-state index < -0.39 is 0 Å². The van der Waals surface area contributed by atoms with E-state index in [9.17, 15) is 4.79 Å². The van der Waals surface area contributed by atoms with Gasteiger partial charge in [0.2, 0.25) is 5.91 Å². The van der Waals surface area contributed by atoms with Crippen molar-refractivity contribution in [1.29, 1.82) is 0 Å². The Morgan fingerprint density at radius 2 is 2.11 bits per heavy atom. The largest absolute Gasteiger partial charge is 0.349 e. The fraction of sp³-hybridized carbons (Fsp3) is 0.211. The topological polar surface area (TPSA) is 85.1 Å². The predicted molar refractivity (Wildman–Crippen MR) is 103 cm³/mol. The van der Waals surface area contributed by atoms with E-state index in [1.165, 1.54) is 0 Å². The van der Waals surface area contributed by atoms with Crippen LogP contribution in [0.1, 0.15) is 29.9 Å². The Kier molecular flexibility index (Phi) is 4.64. The average molecular weight is 378 g/mol. The summed E-state index contributed by atoms with van der Waals surface area (Å²) in [4.78, 5) is 30.7. The molecule has 0 spiro atoms. The minimum atomic E-state index is -0.187. The zero-order valence-corrected chi connectivity index (χ0v) is 15.8. The molecule has 1 N–H and O–H groups in total. The molecule has 4 aromatic rings. The number of carbonyl (C=O) groups is 1. The molecule has 0 aliphatic rings. The Hall–Kier alpha value is -3.13. The first-order valence-electron chi connectivity index (χ1n) is 8.54. The minimum absolute atomic E-state index is 0.0779. The van der Waals surface area contributed by atoms with Crippen molar-refractivity contribution < 1.29 is 4.79 Å². The van der Waals surface area contributed by atoms with Gasteiger partial charge in [-0.25, -0.2) is 15.0 Å². The lowest BCUT2D eigenvalue weighted by Crippen LogP contribution is -2.29. The normalized spacial score (nSPS) is 12.2. The van der Waals surface area contributed by atoms with Gasteiger partial charge in [-0.05, 0) is 26.0 Å². The number of nitrogens with zero attached hydrogens (tertiary/aromatic N) is 5. The molecule has 0 aliphatic carbocycles. The van der Waals surface area contributed by atoms with Crippen LogP contribution in [-0.2, 0) is 11.2 Å². The number of thiazole rings is 1. The number of aromatic nitrogens is 5. The molecule has 1 atom stereocenters. The first kappa shape index (κ1) is 17.3. The van der Waals surface area contributed by atoms with Crippen molar-refractivity contribution in [3.8, 4) is 11.4 Å². The lowest BCUT2D eigenvalue weighted by Gasteiger charge is -2.16. The fourth-order valence-corrected chi connectivity index (χ4v) is 3.66. The molecule has 0 aromatic carbocycles. The van der Waals surface area contributed by atoms with Gasteiger partial charge in [0.25, 0.3) is 0 Å². The zero-order chi connectivity index (χ0) is 18.8. The second-order valence-corrected chi connectivity index (χ2v) is 7.13. The van der Waals surface area contributed by atoms with Crippen LogP contribution < -0.4 is 5.32 Å². The van der Waals surface area contributed by atoms with E-state index in [0.717, 1.165) is 27.5 Å². The van der Waals surface area contributed by atoms with Gasteiger partial charge in [-0.1, -0.05) is 0 Å². The van der Waals surface area contributed by atoms with Crippen molar-refractivity contribution in [2.24, 2.45) is 0 Å². The summed E-state index contributed by atoms with van der Waals surface area (Å²) >= 11 is 1.55. The van der Waals surface area contributed by atoms with Crippen molar-refractivity contribution >= 4 is 22.2 Å². The third kappa shape index (κ3) is 3.70. The summed E-state index contributed by atoms with van der Waals surface area (Å²) in [5.74, 6) is 0.570. The summed E-state index contributed by atoms with van der Waals surface area (Å²) in [6.07, 6.45) is 9.26. The highest BCUT2D eigenvalue weighted by molar-refractivity contribution is 7.15. The minimum Gasteiger partial charge on any atom is -0.349 e. The van der Waals surface area contributed by atoms with Gasteiger partial charge < -0.3 is 5.32 Å². The molecule has 4 heterocycles. The predicted octanol–water partition coefficient (Wildman–Crippen LogP) is 2.98. The Morgan fingerprint density at radius 1 is 1.30 bits per heavy atom. The number of carbonyl (C=O) groups excluding carboxylic acids is 1. The molecule has 1 amide bonds. The van der Waals surface area contributed by atoms with Gasteiger partial charge in [-0.2, -0.15) is 0 Å². The van der Waals surface area contributed by atoms with Gasteiger partial charge in [-0.15, -0.1) is 11.3 Å². The molecule has 4 aromatic heterocycles. The van der Waals surface area contributed by atoms with Crippen LogP contribution in [0.5, 0.6) is 0 Å². The molecule has 136 valence electrons. The Balaban J connectivity index is 1.45. The maximum Gasteiger partial charge on any atom is 0.226 e. The maximum atomic E-state index is 12.4. The Morgan fingerprint density at radius 3 is 2.85 bits per heavy atom. The van der Waals surface area contributed by atoms with E-state index >= 15 is 0 Å². The summed E-state index contributed by atoms with van der Waals surface area (Å²) in [5, 5.41) is 4.97. The molecular formula is C19H18N6OS. The number of rotatable bonds is 5. The Labute approximate surface area is 160 Å². The molecule has 0 saturated carbocycles. The SMILES string of the molecule is Cc1nc(-c2ccncc2)ncc1[C@H](C)NC(=O)Cc1cn2ccsc2n1. The van der Waals surface area contributed by atoms with Crippen LogP contribution in [0.2, 0.25) is 0 Å². The first-order chi connectivity index (χ1) is 13.1. The number of hydrogen-bond donors (Lipinski definition) is 1. The molecule has 8 heteroatoms. The van der Waals surface area contributed by atoms with E-state index in [0.29, 0.717) is 5.82 Å². The molecule has 7 nitrogen and oxygen atoms in total. The second-order valence-electron chi connectivity index (χ2n) is 6.26. The van der Waals surface area contributed by atoms with Crippen LogP contribution in [-0.4, -0.2) is 30.2 Å². The van der Waals surface area contributed by atoms with Gasteiger partial charge in [0, 0.05) is 53.2 Å². The van der Waals surface area contributed by atoms with Crippen LogP contribution in [0.25, 0.3) is 16.3 Å². The first-order valence-corrected chi connectivity index (χ1v) is 9.42. The van der Waals surface area contributed by atoms with Gasteiger partial charge in [0.15, 0.2) is 10.8 Å². The summed E-state index contributed by atoms with van der Waals surface area (Å²) in [7, 11) is 0. The van der Waals surface area contributed by atoms with Crippen LogP contribution in [0.3, 0.4) is 0 Å². The van der Waals surface area contributed by atoms with Crippen LogP contribution in [0.15, 0.2) is 48.5 Å². The summed E-state index contributed by atoms with van der Waals surface area (Å²) in [6, 6.07) is 3.55. The summed E-state index contributed by atoms with van der Waals surface area (Å²) in [6.45, 7) is 3.86. The second kappa shape index (κ2) is 7.24. The molecule has 0 fully saturated rings. The molecule has 0 aliphatic heterocycles. The van der Waals surface area contributed by atoms with Crippen molar-refractivity contribution in [3.05, 3.63) is 65.4 Å². The maximum absolute atomic E-state index is 12.4. The number of imidazole rings is 1. The molecule has 0 radical (unpaired) electrons. The molecule has 4 rings (SSSR count). The standard InChI is InChI=1S/C19H18N6OS/c1-12(22-17(26)9-15-11-25-7-8-27-19(25)24-15)16-10-21-18(23-13(16)2)14-3-5-20-6-4-14/h3-8,10-12H,9H2,1-2H3,(H,22,26)/t12-/m0/s1. The van der Waals surface area contributed by atoms with Crippen molar-refractivity contribution in [3.63, 3.8) is 0 Å². The van der Waals surface area contributed by atoms with E-state index in [1.54, 1.807) is 29.9 Å². The number of aryl methyl sites for hydroxylation is 1. The van der Waals surface area contributed by atoms with E-state index in [2.05, 4.69) is 25.3 Å². The molecule has 0 bridgehead atoms. The molecule has 0 saturated heterocycles. The average Bonchev–Trinajstić information content (AvgIpc) is 3.23.